The molecule has 1 aromatic heterocycles. The van der Waals surface area contributed by atoms with Gasteiger partial charge in [-0.25, -0.2) is 4.98 Å². The Bertz CT molecular complexity index is 374. The maximum absolute atomic E-state index is 11.6. The van der Waals surface area contributed by atoms with Crippen molar-refractivity contribution in [1.29, 1.82) is 0 Å². The normalized spacial score (nSPS) is 13.5. The van der Waals surface area contributed by atoms with E-state index in [1.807, 2.05) is 0 Å². The molecule has 1 amide bonds. The van der Waals surface area contributed by atoms with Crippen LogP contribution in [0.2, 0.25) is 0 Å². The predicted octanol–water partition coefficient (Wildman–Crippen LogP) is 0.543. The van der Waals surface area contributed by atoms with Gasteiger partial charge in [0.05, 0.1) is 23.8 Å². The van der Waals surface area contributed by atoms with Crippen molar-refractivity contribution in [3.63, 3.8) is 0 Å². The number of hydrogen-bond acceptors (Lipinski definition) is 5. The molecule has 1 atom stereocenters. The van der Waals surface area contributed by atoms with Crippen molar-refractivity contribution in [3.8, 4) is 0 Å². The number of nitrogen functional groups attached to an aromatic ring is 1. The van der Waals surface area contributed by atoms with Crippen LogP contribution in [-0.2, 0) is 11.2 Å². The van der Waals surface area contributed by atoms with Gasteiger partial charge in [-0.3, -0.25) is 4.79 Å². The third-order valence-electron chi connectivity index (χ3n) is 2.42. The summed E-state index contributed by atoms with van der Waals surface area (Å²) in [5.41, 5.74) is 5.48. The molecule has 0 aliphatic rings. The van der Waals surface area contributed by atoms with Gasteiger partial charge in [0.15, 0.2) is 5.13 Å². The zero-order valence-corrected chi connectivity index (χ0v) is 10.5. The lowest BCUT2D eigenvalue weighted by Crippen LogP contribution is -2.51. The van der Waals surface area contributed by atoms with Gasteiger partial charge in [-0.1, -0.05) is 0 Å². The average molecular weight is 243 g/mol. The second-order valence-electron chi connectivity index (χ2n) is 4.30. The fourth-order valence-corrected chi connectivity index (χ4v) is 1.64. The van der Waals surface area contributed by atoms with Gasteiger partial charge in [-0.15, -0.1) is 11.3 Å². The summed E-state index contributed by atoms with van der Waals surface area (Å²) >= 11 is 1.31. The van der Waals surface area contributed by atoms with E-state index in [0.717, 1.165) is 0 Å². The quantitative estimate of drug-likeness (QED) is 0.720. The summed E-state index contributed by atoms with van der Waals surface area (Å²) in [7, 11) is 0. The number of nitrogens with one attached hydrogen (secondary N) is 1. The number of anilines is 1. The molecule has 1 heterocycles. The van der Waals surface area contributed by atoms with Crippen LogP contribution in [-0.4, -0.2) is 27.6 Å². The molecule has 0 spiro atoms. The number of hydrogen-bond donors (Lipinski definition) is 3. The van der Waals surface area contributed by atoms with Crippen molar-refractivity contribution in [2.24, 2.45) is 0 Å². The SMILES string of the molecule is CC(O)C(C)(C)NC(=O)Cc1csc(N)n1. The minimum Gasteiger partial charge on any atom is -0.391 e. The van der Waals surface area contributed by atoms with E-state index in [1.165, 1.54) is 11.3 Å². The van der Waals surface area contributed by atoms with Crippen LogP contribution >= 0.6 is 11.3 Å². The highest BCUT2D eigenvalue weighted by atomic mass is 32.1. The fraction of sp³-hybridized carbons (Fsp3) is 0.600. The van der Waals surface area contributed by atoms with Gasteiger partial charge in [-0.05, 0) is 20.8 Å². The zero-order chi connectivity index (χ0) is 12.3. The van der Waals surface area contributed by atoms with Crippen molar-refractivity contribution in [1.82, 2.24) is 10.3 Å². The number of amides is 1. The Morgan fingerprint density at radius 1 is 1.75 bits per heavy atom. The number of carbonyl (C=O) groups excluding carboxylic acids is 1. The van der Waals surface area contributed by atoms with Crippen LogP contribution in [0, 0.1) is 0 Å². The van der Waals surface area contributed by atoms with Crippen LogP contribution in [0.5, 0.6) is 0 Å². The number of nitrogens with two attached hydrogens (primary N) is 1. The highest BCUT2D eigenvalue weighted by molar-refractivity contribution is 7.13. The summed E-state index contributed by atoms with van der Waals surface area (Å²) in [5.74, 6) is -0.170. The van der Waals surface area contributed by atoms with Crippen molar-refractivity contribution in [2.45, 2.75) is 38.8 Å². The van der Waals surface area contributed by atoms with E-state index in [2.05, 4.69) is 10.3 Å². The third-order valence-corrected chi connectivity index (χ3v) is 3.14. The van der Waals surface area contributed by atoms with Crippen LogP contribution in [0.3, 0.4) is 0 Å². The number of nitrogens with zero attached hydrogens (tertiary/aromatic N) is 1. The molecule has 90 valence electrons. The number of aliphatic hydroxyl groups is 1. The Balaban J connectivity index is 2.54. The minimum absolute atomic E-state index is 0.170. The van der Waals surface area contributed by atoms with E-state index >= 15 is 0 Å². The Labute approximate surface area is 98.7 Å². The largest absolute Gasteiger partial charge is 0.391 e. The van der Waals surface area contributed by atoms with Crippen molar-refractivity contribution >= 4 is 22.4 Å². The molecule has 5 nitrogen and oxygen atoms in total. The first-order valence-electron chi connectivity index (χ1n) is 5.00. The molecule has 0 saturated carbocycles. The standard InChI is InChI=1S/C10H17N3O2S/c1-6(14)10(2,3)13-8(15)4-7-5-16-9(11)12-7/h5-6,14H,4H2,1-3H3,(H2,11,12)(H,13,15). The number of aliphatic hydroxyl groups excluding tert-OH is 1. The van der Waals surface area contributed by atoms with E-state index in [0.29, 0.717) is 10.8 Å². The molecule has 1 rings (SSSR count). The Kier molecular flexibility index (Phi) is 3.88. The van der Waals surface area contributed by atoms with E-state index in [9.17, 15) is 9.90 Å². The lowest BCUT2D eigenvalue weighted by Gasteiger charge is -2.29. The molecule has 0 aliphatic heterocycles. The smallest absolute Gasteiger partial charge is 0.226 e. The maximum atomic E-state index is 11.6. The van der Waals surface area contributed by atoms with Crippen LogP contribution in [0.15, 0.2) is 5.38 Å². The minimum atomic E-state index is -0.640. The fourth-order valence-electron chi connectivity index (χ4n) is 1.08. The lowest BCUT2D eigenvalue weighted by atomic mass is 9.98. The molecule has 0 radical (unpaired) electrons. The molecule has 0 bridgehead atoms. The maximum Gasteiger partial charge on any atom is 0.226 e. The molecule has 16 heavy (non-hydrogen) atoms. The summed E-state index contributed by atoms with van der Waals surface area (Å²) in [6, 6.07) is 0. The first-order valence-corrected chi connectivity index (χ1v) is 5.88. The summed E-state index contributed by atoms with van der Waals surface area (Å²) in [5, 5.41) is 14.4. The van der Waals surface area contributed by atoms with Gasteiger partial charge >= 0.3 is 0 Å². The monoisotopic (exact) mass is 243 g/mol. The van der Waals surface area contributed by atoms with Crippen LogP contribution < -0.4 is 11.1 Å². The topological polar surface area (TPSA) is 88.2 Å². The second kappa shape index (κ2) is 4.80. The van der Waals surface area contributed by atoms with E-state index in [4.69, 9.17) is 5.73 Å². The summed E-state index contributed by atoms with van der Waals surface area (Å²) in [6.45, 7) is 5.18. The van der Waals surface area contributed by atoms with Crippen LogP contribution in [0.25, 0.3) is 0 Å². The highest BCUT2D eigenvalue weighted by Gasteiger charge is 2.26. The highest BCUT2D eigenvalue weighted by Crippen LogP contribution is 2.13. The van der Waals surface area contributed by atoms with Crippen LogP contribution in [0.1, 0.15) is 26.5 Å². The molecule has 1 aromatic rings. The molecule has 0 saturated heterocycles. The molecule has 0 aliphatic carbocycles. The van der Waals surface area contributed by atoms with Gasteiger partial charge in [0, 0.05) is 5.38 Å². The average Bonchev–Trinajstić information content (AvgIpc) is 2.49. The number of carbonyl (C=O) groups is 1. The van der Waals surface area contributed by atoms with E-state index in [1.54, 1.807) is 26.2 Å². The number of rotatable bonds is 4. The molecule has 1 unspecified atom stereocenters. The lowest BCUT2D eigenvalue weighted by molar-refractivity contribution is -0.123. The van der Waals surface area contributed by atoms with E-state index < -0.39 is 11.6 Å². The second-order valence-corrected chi connectivity index (χ2v) is 5.19. The van der Waals surface area contributed by atoms with Crippen molar-refractivity contribution in [3.05, 3.63) is 11.1 Å². The number of thiazole rings is 1. The van der Waals surface area contributed by atoms with Crippen molar-refractivity contribution in [2.75, 3.05) is 5.73 Å². The molecule has 6 heteroatoms. The van der Waals surface area contributed by atoms with Gasteiger partial charge in [0.25, 0.3) is 0 Å². The van der Waals surface area contributed by atoms with E-state index in [-0.39, 0.29) is 12.3 Å². The molecular weight excluding hydrogens is 226 g/mol. The summed E-state index contributed by atoms with van der Waals surface area (Å²) in [6.07, 6.45) is -0.430. The first-order chi connectivity index (χ1) is 7.31. The van der Waals surface area contributed by atoms with Crippen LogP contribution in [0.4, 0.5) is 5.13 Å². The zero-order valence-electron chi connectivity index (χ0n) is 9.65. The third kappa shape index (κ3) is 3.46. The Morgan fingerprint density at radius 3 is 2.81 bits per heavy atom. The van der Waals surface area contributed by atoms with Gasteiger partial charge in [-0.2, -0.15) is 0 Å². The van der Waals surface area contributed by atoms with Gasteiger partial charge in [0.1, 0.15) is 0 Å². The summed E-state index contributed by atoms with van der Waals surface area (Å²) in [4.78, 5) is 15.6. The summed E-state index contributed by atoms with van der Waals surface area (Å²) < 4.78 is 0. The molecule has 0 fully saturated rings. The molecule has 4 N–H and O–H groups in total. The molecule has 0 aromatic carbocycles. The van der Waals surface area contributed by atoms with Gasteiger partial charge in [0.2, 0.25) is 5.91 Å². The number of aromatic nitrogens is 1. The first kappa shape index (κ1) is 12.9. The Hall–Kier alpha value is -1.14. The predicted molar refractivity (Wildman–Crippen MR) is 64.1 cm³/mol. The van der Waals surface area contributed by atoms with Gasteiger partial charge < -0.3 is 16.2 Å². The molecular formula is C10H17N3O2S. The Morgan fingerprint density at radius 2 is 2.38 bits per heavy atom. The van der Waals surface area contributed by atoms with Crippen molar-refractivity contribution < 1.29 is 9.90 Å².